The van der Waals surface area contributed by atoms with Crippen LogP contribution >= 0.6 is 11.3 Å². The van der Waals surface area contributed by atoms with Gasteiger partial charge in [-0.2, -0.15) is 4.31 Å². The van der Waals surface area contributed by atoms with Crippen molar-refractivity contribution in [2.45, 2.75) is 43.2 Å². The third-order valence-electron chi connectivity index (χ3n) is 3.23. The number of nitrogens with one attached hydrogen (secondary N) is 1. The Labute approximate surface area is 124 Å². The maximum atomic E-state index is 12.4. The molecule has 0 bridgehead atoms. The molecule has 0 saturated carbocycles. The second-order valence-corrected chi connectivity index (χ2v) is 8.13. The number of amides is 1. The summed E-state index contributed by atoms with van der Waals surface area (Å²) in [6.07, 6.45) is 4.16. The van der Waals surface area contributed by atoms with Crippen LogP contribution in [0, 0.1) is 0 Å². The fourth-order valence-corrected chi connectivity index (χ4v) is 5.08. The first-order valence-electron chi connectivity index (χ1n) is 6.94. The molecule has 0 unspecified atom stereocenters. The molecule has 1 aliphatic heterocycles. The molecule has 1 aliphatic rings. The van der Waals surface area contributed by atoms with Gasteiger partial charge in [-0.25, -0.2) is 8.42 Å². The van der Waals surface area contributed by atoms with Crippen LogP contribution in [0.1, 0.15) is 39.0 Å². The molecule has 1 fully saturated rings. The van der Waals surface area contributed by atoms with Gasteiger partial charge in [-0.3, -0.25) is 4.79 Å². The molecule has 0 aliphatic carbocycles. The summed E-state index contributed by atoms with van der Waals surface area (Å²) in [6, 6.07) is 3.24. The molecule has 0 aromatic carbocycles. The Morgan fingerprint density at radius 2 is 2.00 bits per heavy atom. The summed E-state index contributed by atoms with van der Waals surface area (Å²) >= 11 is 1.13. The topological polar surface area (TPSA) is 66.5 Å². The minimum atomic E-state index is -3.39. The molecule has 1 amide bonds. The molecule has 0 radical (unpaired) electrons. The molecule has 7 heteroatoms. The number of thiophene rings is 1. The van der Waals surface area contributed by atoms with Gasteiger partial charge in [0, 0.05) is 19.5 Å². The molecular formula is C13H20N2O3S2. The maximum Gasteiger partial charge on any atom is 0.252 e. The fraction of sp³-hybridized carbons (Fsp3) is 0.615. The van der Waals surface area contributed by atoms with Gasteiger partial charge in [0.2, 0.25) is 5.91 Å². The van der Waals surface area contributed by atoms with E-state index in [1.165, 1.54) is 0 Å². The van der Waals surface area contributed by atoms with Crippen LogP contribution in [-0.2, 0) is 14.8 Å². The van der Waals surface area contributed by atoms with Crippen molar-refractivity contribution in [3.63, 3.8) is 0 Å². The van der Waals surface area contributed by atoms with Crippen LogP contribution in [0.15, 0.2) is 16.3 Å². The van der Waals surface area contributed by atoms with Crippen molar-refractivity contribution in [3.05, 3.63) is 12.1 Å². The van der Waals surface area contributed by atoms with Crippen molar-refractivity contribution in [1.82, 2.24) is 4.31 Å². The lowest BCUT2D eigenvalue weighted by atomic mass is 10.2. The Hall–Kier alpha value is -0.920. The lowest BCUT2D eigenvalue weighted by Crippen LogP contribution is -2.35. The van der Waals surface area contributed by atoms with Gasteiger partial charge in [0.05, 0.1) is 5.00 Å². The van der Waals surface area contributed by atoms with Crippen molar-refractivity contribution < 1.29 is 13.2 Å². The molecule has 20 heavy (non-hydrogen) atoms. The minimum Gasteiger partial charge on any atom is -0.318 e. The summed E-state index contributed by atoms with van der Waals surface area (Å²) in [5.41, 5.74) is 0. The third kappa shape index (κ3) is 3.59. The number of hydrogen-bond acceptors (Lipinski definition) is 4. The smallest absolute Gasteiger partial charge is 0.252 e. The van der Waals surface area contributed by atoms with Gasteiger partial charge >= 0.3 is 0 Å². The number of hydrogen-bond donors (Lipinski definition) is 1. The molecule has 112 valence electrons. The van der Waals surface area contributed by atoms with Gasteiger partial charge in [0.15, 0.2) is 0 Å². The highest BCUT2D eigenvalue weighted by Gasteiger charge is 2.27. The summed E-state index contributed by atoms with van der Waals surface area (Å²) < 4.78 is 26.7. The van der Waals surface area contributed by atoms with Gasteiger partial charge in [0.1, 0.15) is 4.21 Å². The highest BCUT2D eigenvalue weighted by molar-refractivity contribution is 7.91. The zero-order valence-corrected chi connectivity index (χ0v) is 13.2. The molecule has 2 heterocycles. The number of nitrogens with zero attached hydrogens (tertiary/aromatic N) is 1. The predicted octanol–water partition coefficient (Wildman–Crippen LogP) is 2.66. The zero-order valence-electron chi connectivity index (χ0n) is 11.6. The first-order valence-corrected chi connectivity index (χ1v) is 9.19. The fourth-order valence-electron chi connectivity index (χ4n) is 2.19. The van der Waals surface area contributed by atoms with Crippen LogP contribution in [-0.4, -0.2) is 31.7 Å². The van der Waals surface area contributed by atoms with Crippen molar-refractivity contribution >= 4 is 32.3 Å². The first kappa shape index (κ1) is 15.5. The van der Waals surface area contributed by atoms with Crippen LogP contribution in [0.4, 0.5) is 5.00 Å². The lowest BCUT2D eigenvalue weighted by molar-refractivity contribution is -0.116. The molecule has 0 spiro atoms. The summed E-state index contributed by atoms with van der Waals surface area (Å²) in [4.78, 5) is 11.5. The maximum absolute atomic E-state index is 12.4. The first-order chi connectivity index (χ1) is 9.54. The summed E-state index contributed by atoms with van der Waals surface area (Å²) in [6.45, 7) is 3.12. The van der Waals surface area contributed by atoms with E-state index < -0.39 is 10.0 Å². The Balaban J connectivity index is 2.09. The van der Waals surface area contributed by atoms with E-state index in [1.54, 1.807) is 16.4 Å². The van der Waals surface area contributed by atoms with Crippen LogP contribution < -0.4 is 5.32 Å². The van der Waals surface area contributed by atoms with Gasteiger partial charge in [-0.15, -0.1) is 11.3 Å². The highest BCUT2D eigenvalue weighted by Crippen LogP contribution is 2.30. The SMILES string of the molecule is CCCC(=O)Nc1ccc(S(=O)(=O)N2CCCCC2)s1. The Bertz CT molecular complexity index is 560. The summed E-state index contributed by atoms with van der Waals surface area (Å²) in [5, 5.41) is 3.33. The van der Waals surface area contributed by atoms with E-state index >= 15 is 0 Å². The van der Waals surface area contributed by atoms with Gasteiger partial charge in [-0.05, 0) is 31.4 Å². The van der Waals surface area contributed by atoms with E-state index in [4.69, 9.17) is 0 Å². The van der Waals surface area contributed by atoms with E-state index in [1.807, 2.05) is 6.92 Å². The monoisotopic (exact) mass is 316 g/mol. The number of piperidine rings is 1. The zero-order chi connectivity index (χ0) is 14.6. The summed E-state index contributed by atoms with van der Waals surface area (Å²) in [7, 11) is -3.39. The molecule has 2 rings (SSSR count). The largest absolute Gasteiger partial charge is 0.318 e. The normalized spacial score (nSPS) is 17.1. The Morgan fingerprint density at radius 3 is 2.65 bits per heavy atom. The van der Waals surface area contributed by atoms with Gasteiger partial charge in [-0.1, -0.05) is 13.3 Å². The van der Waals surface area contributed by atoms with Crippen molar-refractivity contribution in [2.75, 3.05) is 18.4 Å². The van der Waals surface area contributed by atoms with Crippen molar-refractivity contribution in [1.29, 1.82) is 0 Å². The highest BCUT2D eigenvalue weighted by atomic mass is 32.2. The number of anilines is 1. The van der Waals surface area contributed by atoms with Gasteiger partial charge in [0.25, 0.3) is 10.0 Å². The van der Waals surface area contributed by atoms with E-state index in [0.29, 0.717) is 28.7 Å². The Morgan fingerprint density at radius 1 is 1.30 bits per heavy atom. The van der Waals surface area contributed by atoms with E-state index in [2.05, 4.69) is 5.32 Å². The van der Waals surface area contributed by atoms with Crippen LogP contribution in [0.2, 0.25) is 0 Å². The number of carbonyl (C=O) groups is 1. The number of sulfonamides is 1. The Kier molecular flexibility index (Phi) is 5.17. The molecule has 1 aromatic heterocycles. The van der Waals surface area contributed by atoms with Gasteiger partial charge < -0.3 is 5.32 Å². The third-order valence-corrected chi connectivity index (χ3v) is 6.60. The second-order valence-electron chi connectivity index (χ2n) is 4.88. The molecule has 1 N–H and O–H groups in total. The molecule has 0 atom stereocenters. The predicted molar refractivity (Wildman–Crippen MR) is 80.5 cm³/mol. The average molecular weight is 316 g/mol. The van der Waals surface area contributed by atoms with Crippen LogP contribution in [0.25, 0.3) is 0 Å². The molecule has 1 aromatic rings. The van der Waals surface area contributed by atoms with E-state index in [-0.39, 0.29) is 5.91 Å². The average Bonchev–Trinajstić information content (AvgIpc) is 2.89. The van der Waals surface area contributed by atoms with Crippen LogP contribution in [0.3, 0.4) is 0 Å². The van der Waals surface area contributed by atoms with E-state index in [0.717, 1.165) is 37.0 Å². The second kappa shape index (κ2) is 6.69. The number of rotatable bonds is 5. The molecular weight excluding hydrogens is 296 g/mol. The molecule has 5 nitrogen and oxygen atoms in total. The standard InChI is InChI=1S/C13H20N2O3S2/c1-2-6-11(16)14-12-7-8-13(19-12)20(17,18)15-9-4-3-5-10-15/h7-8H,2-6,9-10H2,1H3,(H,14,16). The number of carbonyl (C=O) groups excluding carboxylic acids is 1. The summed E-state index contributed by atoms with van der Waals surface area (Å²) in [5.74, 6) is -0.0729. The van der Waals surface area contributed by atoms with Crippen molar-refractivity contribution in [2.24, 2.45) is 0 Å². The minimum absolute atomic E-state index is 0.0729. The van der Waals surface area contributed by atoms with E-state index in [9.17, 15) is 13.2 Å². The quantitative estimate of drug-likeness (QED) is 0.908. The van der Waals surface area contributed by atoms with Crippen molar-refractivity contribution in [3.8, 4) is 0 Å². The molecule has 1 saturated heterocycles. The van der Waals surface area contributed by atoms with Crippen LogP contribution in [0.5, 0.6) is 0 Å². The lowest BCUT2D eigenvalue weighted by Gasteiger charge is -2.25.